The Hall–Kier alpha value is 2.16. The molecule has 0 aromatic rings. The Kier molecular flexibility index (Phi) is 7.50. The molecule has 6 heavy (non-hydrogen) atoms. The van der Waals surface area contributed by atoms with Crippen LogP contribution < -0.4 is 83.6 Å². The molecule has 0 atom stereocenters. The summed E-state index contributed by atoms with van der Waals surface area (Å²) in [6.45, 7) is 0. The van der Waals surface area contributed by atoms with Crippen LogP contribution in [0.5, 0.6) is 0 Å². The molecule has 6 heteroatoms. The van der Waals surface area contributed by atoms with E-state index in [4.69, 9.17) is 19.2 Å². The molecule has 0 spiro atoms. The van der Waals surface area contributed by atoms with Crippen LogP contribution in [0.2, 0.25) is 0 Å². The molecule has 0 amide bonds. The molecule has 0 saturated heterocycles. The van der Waals surface area contributed by atoms with Crippen molar-refractivity contribution in [1.82, 2.24) is 0 Å². The Labute approximate surface area is 93.6 Å². The first-order valence-electron chi connectivity index (χ1n) is 0.730. The second-order valence-corrected chi connectivity index (χ2v) is 1.34. The van der Waals surface area contributed by atoms with Crippen molar-refractivity contribution in [2.24, 2.45) is 0 Å². The van der Waals surface area contributed by atoms with Crippen molar-refractivity contribution >= 4 is 7.82 Å². The third-order valence-corrected chi connectivity index (χ3v) is 0. The molecule has 0 rings (SSSR count). The van der Waals surface area contributed by atoms with E-state index < -0.39 is 7.82 Å². The van der Waals surface area contributed by atoms with Crippen molar-refractivity contribution < 1.29 is 88.1 Å². The SMILES string of the molecule is O=P([O-])([O-])[O-].[Cs+]. The molecule has 0 aromatic carbocycles. The monoisotopic (exact) mass is 228 g/mol. The zero-order chi connectivity index (χ0) is 4.50. The molecule has 0 unspecified atom stereocenters. The fourth-order valence-corrected chi connectivity index (χ4v) is 0. The van der Waals surface area contributed by atoms with Crippen LogP contribution in [-0.4, -0.2) is 0 Å². The molecule has 0 aliphatic carbocycles. The molecule has 4 nitrogen and oxygen atoms in total. The minimum Gasteiger partial charge on any atom is -0.822 e. The van der Waals surface area contributed by atoms with Gasteiger partial charge >= 0.3 is 68.9 Å². The first kappa shape index (κ1) is 11.0. The summed E-state index contributed by atoms with van der Waals surface area (Å²) < 4.78 is 8.55. The number of hydrogen-bond donors (Lipinski definition) is 0. The maximum Gasteiger partial charge on any atom is 1.00 e. The van der Waals surface area contributed by atoms with E-state index in [9.17, 15) is 0 Å². The van der Waals surface area contributed by atoms with Gasteiger partial charge in [0.15, 0.2) is 0 Å². The van der Waals surface area contributed by atoms with Crippen molar-refractivity contribution in [2.45, 2.75) is 0 Å². The Morgan fingerprint density at radius 2 is 1.17 bits per heavy atom. The summed E-state index contributed by atoms with van der Waals surface area (Å²) in [7, 11) is -5.39. The van der Waals surface area contributed by atoms with Gasteiger partial charge in [-0.15, -0.1) is 0 Å². The van der Waals surface area contributed by atoms with E-state index in [1.165, 1.54) is 0 Å². The zero-order valence-corrected chi connectivity index (χ0v) is 10.3. The van der Waals surface area contributed by atoms with E-state index in [1.54, 1.807) is 0 Å². The molecule has 0 radical (unpaired) electrons. The average Bonchev–Trinajstić information content (AvgIpc) is 0.722. The molecule has 0 saturated carbocycles. The summed E-state index contributed by atoms with van der Waals surface area (Å²) in [4.78, 5) is 25.6. The first-order valence-corrected chi connectivity index (χ1v) is 2.19. The second-order valence-electron chi connectivity index (χ2n) is 0.447. The minimum absolute atomic E-state index is 0. The van der Waals surface area contributed by atoms with Crippen molar-refractivity contribution in [3.05, 3.63) is 0 Å². The summed E-state index contributed by atoms with van der Waals surface area (Å²) in [6, 6.07) is 0. The third-order valence-electron chi connectivity index (χ3n) is 0. The fraction of sp³-hybridized carbons (Fsp3) is 0. The van der Waals surface area contributed by atoms with Crippen LogP contribution in [-0.2, 0) is 4.57 Å². The third kappa shape index (κ3) is 35.1. The second kappa shape index (κ2) is 4.08. The van der Waals surface area contributed by atoms with E-state index in [0.717, 1.165) is 0 Å². The normalized spacial score (nSPS) is 9.83. The van der Waals surface area contributed by atoms with Gasteiger partial charge in [-0.2, -0.15) is 7.82 Å². The maximum absolute atomic E-state index is 8.55. The van der Waals surface area contributed by atoms with Crippen LogP contribution in [0.4, 0.5) is 0 Å². The summed E-state index contributed by atoms with van der Waals surface area (Å²) in [6.07, 6.45) is 0. The van der Waals surface area contributed by atoms with Gasteiger partial charge in [-0.05, 0) is 0 Å². The molecule has 0 N–H and O–H groups in total. The molecule has 0 bridgehead atoms. The van der Waals surface area contributed by atoms with Crippen molar-refractivity contribution in [3.8, 4) is 0 Å². The largest absolute Gasteiger partial charge is 1.00 e. The minimum atomic E-state index is -5.39. The summed E-state index contributed by atoms with van der Waals surface area (Å²) >= 11 is 0. The van der Waals surface area contributed by atoms with Crippen LogP contribution in [0.15, 0.2) is 0 Å². The number of rotatable bonds is 0. The van der Waals surface area contributed by atoms with Gasteiger partial charge in [0.2, 0.25) is 0 Å². The Morgan fingerprint density at radius 1 is 1.17 bits per heavy atom. The summed E-state index contributed by atoms with van der Waals surface area (Å²) in [5, 5.41) is 0. The van der Waals surface area contributed by atoms with E-state index in [2.05, 4.69) is 0 Å². The van der Waals surface area contributed by atoms with Gasteiger partial charge in [0, 0.05) is 0 Å². The predicted octanol–water partition coefficient (Wildman–Crippen LogP) is -5.82. The van der Waals surface area contributed by atoms with Gasteiger partial charge < -0.3 is 19.2 Å². The van der Waals surface area contributed by atoms with Gasteiger partial charge in [-0.1, -0.05) is 0 Å². The van der Waals surface area contributed by atoms with Gasteiger partial charge in [-0.3, -0.25) is 0 Å². The van der Waals surface area contributed by atoms with Crippen molar-refractivity contribution in [1.29, 1.82) is 0 Å². The van der Waals surface area contributed by atoms with Crippen LogP contribution in [0.1, 0.15) is 0 Å². The van der Waals surface area contributed by atoms with Gasteiger partial charge in [0.1, 0.15) is 0 Å². The fourth-order valence-electron chi connectivity index (χ4n) is 0. The molecule has 0 aromatic heterocycles. The van der Waals surface area contributed by atoms with Crippen LogP contribution in [0.3, 0.4) is 0 Å². The molecular weight excluding hydrogens is 228 g/mol. The van der Waals surface area contributed by atoms with Crippen molar-refractivity contribution in [3.63, 3.8) is 0 Å². The Balaban J connectivity index is 0. The topological polar surface area (TPSA) is 86.2 Å². The standard InChI is InChI=1S/Cs.H3O4P/c;1-5(2,3)4/h;(H3,1,2,3,4)/q+1;/p-3. The predicted molar refractivity (Wildman–Crippen MR) is 7.61 cm³/mol. The zero-order valence-electron chi connectivity index (χ0n) is 3.08. The van der Waals surface area contributed by atoms with E-state index in [-0.39, 0.29) is 68.9 Å². The van der Waals surface area contributed by atoms with Gasteiger partial charge in [0.05, 0.1) is 0 Å². The van der Waals surface area contributed by atoms with Gasteiger partial charge in [0.25, 0.3) is 0 Å². The molecule has 0 aliphatic rings. The van der Waals surface area contributed by atoms with Crippen LogP contribution in [0, 0.1) is 0 Å². The molecule has 0 aliphatic heterocycles. The Bertz CT molecular complexity index is 53.7. The van der Waals surface area contributed by atoms with E-state index in [1.807, 2.05) is 0 Å². The number of hydrogen-bond acceptors (Lipinski definition) is 4. The first-order chi connectivity index (χ1) is 2.00. The van der Waals surface area contributed by atoms with E-state index in [0.29, 0.717) is 0 Å². The molecule has 32 valence electrons. The average molecular weight is 228 g/mol. The Morgan fingerprint density at radius 3 is 1.17 bits per heavy atom. The quantitative estimate of drug-likeness (QED) is 0.386. The smallest absolute Gasteiger partial charge is 0.822 e. The molecule has 0 fully saturated rings. The maximum atomic E-state index is 8.55. The summed E-state index contributed by atoms with van der Waals surface area (Å²) in [5.74, 6) is 0. The summed E-state index contributed by atoms with van der Waals surface area (Å²) in [5.41, 5.74) is 0. The van der Waals surface area contributed by atoms with Crippen LogP contribution in [0.25, 0.3) is 0 Å². The molecule has 0 heterocycles. The van der Waals surface area contributed by atoms with Gasteiger partial charge in [-0.25, -0.2) is 0 Å². The van der Waals surface area contributed by atoms with Crippen LogP contribution >= 0.6 is 7.82 Å². The number of phosphoric acid groups is 1. The van der Waals surface area contributed by atoms with E-state index >= 15 is 0 Å². The van der Waals surface area contributed by atoms with Crippen molar-refractivity contribution in [2.75, 3.05) is 0 Å². The molecular formula is CsO4P-2.